The zero-order valence-electron chi connectivity index (χ0n) is 5.27. The third-order valence-electron chi connectivity index (χ3n) is 1.18. The minimum Gasteiger partial charge on any atom is -0.444 e. The summed E-state index contributed by atoms with van der Waals surface area (Å²) in [6, 6.07) is 5.27. The van der Waals surface area contributed by atoms with Crippen LogP contribution in [0.3, 0.4) is 0 Å². The second kappa shape index (κ2) is 3.24. The topological polar surface area (TPSA) is 16.6 Å². The first-order valence-corrected chi connectivity index (χ1v) is 3.57. The van der Waals surface area contributed by atoms with Gasteiger partial charge in [0.1, 0.15) is 5.69 Å². The number of hydrogen-bond donors (Lipinski definition) is 1. The van der Waals surface area contributed by atoms with E-state index < -0.39 is 0 Å². The minimum absolute atomic E-state index is 0.680. The Morgan fingerprint density at radius 3 is 2.50 bits per heavy atom. The first-order valence-electron chi connectivity index (χ1n) is 2.81. The van der Waals surface area contributed by atoms with Crippen molar-refractivity contribution in [2.45, 2.75) is 0 Å². The molecule has 0 bridgehead atoms. The third kappa shape index (κ3) is 1.63. The van der Waals surface area contributed by atoms with E-state index >= 15 is 0 Å². The quantitative estimate of drug-likeness (QED) is 0.497. The molecular weight excluding hydrogens is 169 g/mol. The normalized spacial score (nSPS) is 9.90. The fourth-order valence-electron chi connectivity index (χ4n) is 0.671. The molecule has 2 N–H and O–H groups in total. The molecule has 0 aliphatic carbocycles. The summed E-state index contributed by atoms with van der Waals surface area (Å²) in [5.74, 6) is 0. The Morgan fingerprint density at radius 2 is 2.00 bits per heavy atom. The molecule has 54 valence electrons. The summed E-state index contributed by atoms with van der Waals surface area (Å²) in [7, 11) is 3.59. The van der Waals surface area contributed by atoms with Crippen molar-refractivity contribution in [3.63, 3.8) is 0 Å². The Morgan fingerprint density at radius 1 is 1.30 bits per heavy atom. The molecule has 0 spiro atoms. The first kappa shape index (κ1) is 7.86. The average molecular weight is 176 g/mol. The maximum absolute atomic E-state index is 5.77. The van der Waals surface area contributed by atoms with Gasteiger partial charge >= 0.3 is 0 Å². The van der Waals surface area contributed by atoms with Gasteiger partial charge in [-0.2, -0.15) is 0 Å². The van der Waals surface area contributed by atoms with E-state index in [0.29, 0.717) is 10.0 Å². The fourth-order valence-corrected chi connectivity index (χ4v) is 1.05. The summed E-state index contributed by atoms with van der Waals surface area (Å²) in [4.78, 5) is 0. The van der Waals surface area contributed by atoms with Gasteiger partial charge in [0.15, 0.2) is 0 Å². The predicted molar refractivity (Wildman–Crippen MR) is 43.4 cm³/mol. The lowest BCUT2D eigenvalue weighted by Gasteiger charge is -2.01. The molecule has 0 heterocycles. The van der Waals surface area contributed by atoms with Crippen LogP contribution < -0.4 is 5.32 Å². The van der Waals surface area contributed by atoms with Crippen LogP contribution >= 0.6 is 23.2 Å². The Bertz CT molecular complexity index is 235. The summed E-state index contributed by atoms with van der Waals surface area (Å²) >= 11 is 11.5. The summed E-state index contributed by atoms with van der Waals surface area (Å²) in [6.45, 7) is 0. The van der Waals surface area contributed by atoms with Crippen molar-refractivity contribution in [1.29, 1.82) is 0 Å². The van der Waals surface area contributed by atoms with Gasteiger partial charge in [-0.05, 0) is 12.1 Å². The highest BCUT2D eigenvalue weighted by atomic mass is 35.5. The monoisotopic (exact) mass is 175 g/mol. The number of benzene rings is 1. The van der Waals surface area contributed by atoms with Crippen molar-refractivity contribution in [3.8, 4) is 0 Å². The number of hydrogen-bond acceptors (Lipinski definition) is 0. The molecule has 10 heavy (non-hydrogen) atoms. The van der Waals surface area contributed by atoms with Crippen molar-refractivity contribution in [2.24, 2.45) is 0 Å². The molecule has 1 rings (SSSR count). The van der Waals surface area contributed by atoms with Crippen LogP contribution in [0.25, 0.3) is 0 Å². The van der Waals surface area contributed by atoms with Crippen LogP contribution in [0, 0.1) is 7.05 Å². The second-order valence-electron chi connectivity index (χ2n) is 1.87. The van der Waals surface area contributed by atoms with Gasteiger partial charge in [0.25, 0.3) is 0 Å². The van der Waals surface area contributed by atoms with Gasteiger partial charge < -0.3 is 5.32 Å². The smallest absolute Gasteiger partial charge is 0.123 e. The van der Waals surface area contributed by atoms with Gasteiger partial charge in [0.2, 0.25) is 0 Å². The Labute approximate surface area is 70.0 Å². The van der Waals surface area contributed by atoms with E-state index in [1.807, 2.05) is 0 Å². The van der Waals surface area contributed by atoms with Crippen LogP contribution in [0.1, 0.15) is 0 Å². The molecule has 1 aromatic rings. The predicted octanol–water partition coefficient (Wildman–Crippen LogP) is 1.98. The molecule has 1 nitrogen and oxygen atoms in total. The van der Waals surface area contributed by atoms with Crippen LogP contribution in [0.5, 0.6) is 0 Å². The third-order valence-corrected chi connectivity index (χ3v) is 1.76. The van der Waals surface area contributed by atoms with Gasteiger partial charge in [-0.25, -0.2) is 0 Å². The summed E-state index contributed by atoms with van der Waals surface area (Å²) in [6.07, 6.45) is 0. The molecule has 0 saturated carbocycles. The van der Waals surface area contributed by atoms with E-state index in [-0.39, 0.29) is 0 Å². The second-order valence-corrected chi connectivity index (χ2v) is 2.71. The molecule has 3 heteroatoms. The summed E-state index contributed by atoms with van der Waals surface area (Å²) in [5.41, 5.74) is 0.870. The maximum atomic E-state index is 5.77. The van der Waals surface area contributed by atoms with Crippen LogP contribution in [0.15, 0.2) is 18.2 Å². The molecule has 1 aromatic carbocycles. The summed E-state index contributed by atoms with van der Waals surface area (Å²) in [5, 5.41) is 3.03. The van der Waals surface area contributed by atoms with Crippen LogP contribution in [0.2, 0.25) is 10.0 Å². The lowest BCUT2D eigenvalue weighted by Crippen LogP contribution is -2.69. The van der Waals surface area contributed by atoms with Gasteiger partial charge in [-0.1, -0.05) is 23.2 Å². The number of halogens is 2. The Kier molecular flexibility index (Phi) is 2.55. The van der Waals surface area contributed by atoms with Gasteiger partial charge in [0.05, 0.1) is 5.02 Å². The van der Waals surface area contributed by atoms with Gasteiger partial charge in [0, 0.05) is 11.1 Å². The zero-order valence-corrected chi connectivity index (χ0v) is 6.78. The fraction of sp³-hybridized carbons (Fsp3) is 0. The largest absolute Gasteiger partial charge is 0.444 e. The molecule has 0 aliphatic heterocycles. The molecule has 0 saturated heterocycles. The van der Waals surface area contributed by atoms with E-state index in [0.717, 1.165) is 5.69 Å². The lowest BCUT2D eigenvalue weighted by molar-refractivity contribution is -0.504. The molecule has 0 aliphatic rings. The van der Waals surface area contributed by atoms with Crippen LogP contribution in [-0.2, 0) is 0 Å². The highest BCUT2D eigenvalue weighted by molar-refractivity contribution is 6.34. The Hall–Kier alpha value is -0.240. The van der Waals surface area contributed by atoms with Gasteiger partial charge in [-0.15, -0.1) is 7.05 Å². The van der Waals surface area contributed by atoms with E-state index in [1.54, 1.807) is 23.5 Å². The zero-order chi connectivity index (χ0) is 7.56. The lowest BCUT2D eigenvalue weighted by atomic mass is 10.3. The maximum Gasteiger partial charge on any atom is 0.123 e. The highest BCUT2D eigenvalue weighted by Crippen LogP contribution is 2.20. The molecular formula is C7H7Cl2N. The number of quaternary nitrogens is 1. The Balaban J connectivity index is 3.09. The molecule has 0 amide bonds. The molecule has 0 fully saturated rings. The van der Waals surface area contributed by atoms with Crippen LogP contribution in [-0.4, -0.2) is 0 Å². The van der Waals surface area contributed by atoms with Crippen LogP contribution in [0.4, 0.5) is 5.69 Å². The molecule has 0 atom stereocenters. The van der Waals surface area contributed by atoms with Crippen molar-refractivity contribution in [1.82, 2.24) is 0 Å². The molecule has 0 aromatic heterocycles. The number of nitrogens with two attached hydrogens (primary N) is 1. The number of rotatable bonds is 1. The van der Waals surface area contributed by atoms with E-state index in [9.17, 15) is 0 Å². The van der Waals surface area contributed by atoms with Crippen molar-refractivity contribution in [2.75, 3.05) is 0 Å². The standard InChI is InChI=1S/C7H7Cl2N/c1-10-7-4-5(8)2-3-6(7)9/h2-4H,1,10H2. The van der Waals surface area contributed by atoms with Crippen molar-refractivity contribution in [3.05, 3.63) is 35.3 Å². The average Bonchev–Trinajstić information content (AvgIpc) is 1.94. The van der Waals surface area contributed by atoms with Crippen molar-refractivity contribution >= 4 is 28.9 Å². The minimum atomic E-state index is 0.680. The first-order chi connectivity index (χ1) is 4.74. The SMILES string of the molecule is [CH2-][NH2+]c1cc(Cl)ccc1Cl. The highest BCUT2D eigenvalue weighted by Gasteiger charge is 1.98. The van der Waals surface area contributed by atoms with Crippen molar-refractivity contribution < 1.29 is 5.32 Å². The van der Waals surface area contributed by atoms with Gasteiger partial charge in [-0.3, -0.25) is 0 Å². The summed E-state index contributed by atoms with van der Waals surface area (Å²) < 4.78 is 0. The molecule has 0 unspecified atom stereocenters. The van der Waals surface area contributed by atoms with E-state index in [2.05, 4.69) is 7.05 Å². The molecule has 0 radical (unpaired) electrons. The van der Waals surface area contributed by atoms with E-state index in [4.69, 9.17) is 23.2 Å². The van der Waals surface area contributed by atoms with E-state index in [1.165, 1.54) is 0 Å².